The monoisotopic (exact) mass is 257 g/mol. The van der Waals surface area contributed by atoms with Crippen molar-refractivity contribution in [3.8, 4) is 6.07 Å². The molecule has 0 unspecified atom stereocenters. The minimum atomic E-state index is -0.164. The number of carbonyl (C=O) groups is 1. The van der Waals surface area contributed by atoms with E-state index in [-0.39, 0.29) is 5.91 Å². The van der Waals surface area contributed by atoms with Gasteiger partial charge in [0.05, 0.1) is 22.3 Å². The van der Waals surface area contributed by atoms with E-state index in [1.54, 1.807) is 24.3 Å². The number of carbonyl (C=O) groups excluding carboxylic acids is 1. The predicted octanol–water partition coefficient (Wildman–Crippen LogP) is 2.88. The summed E-state index contributed by atoms with van der Waals surface area (Å²) in [6.07, 6.45) is 0. The number of nitrogens with zero attached hydrogens (tertiary/aromatic N) is 2. The van der Waals surface area contributed by atoms with Crippen LogP contribution >= 0.6 is 11.3 Å². The zero-order chi connectivity index (χ0) is 13.1. The second-order valence-electron chi connectivity index (χ2n) is 3.79. The Morgan fingerprint density at radius 3 is 2.50 bits per heavy atom. The Labute approximate surface area is 109 Å². The highest BCUT2D eigenvalue weighted by Gasteiger charge is 2.13. The molecule has 1 N–H and O–H groups in total. The SMILES string of the molecule is Cc1nc(C)c(C(=O)Nc2ccc(C#N)cc2)s1. The van der Waals surface area contributed by atoms with Gasteiger partial charge < -0.3 is 5.32 Å². The van der Waals surface area contributed by atoms with Crippen LogP contribution in [-0.2, 0) is 0 Å². The molecule has 0 saturated heterocycles. The molecule has 5 heteroatoms. The Bertz CT molecular complexity index is 623. The summed E-state index contributed by atoms with van der Waals surface area (Å²) in [5.74, 6) is -0.164. The highest BCUT2D eigenvalue weighted by atomic mass is 32.1. The van der Waals surface area contributed by atoms with Crippen molar-refractivity contribution in [3.63, 3.8) is 0 Å². The molecule has 0 fully saturated rings. The second-order valence-corrected chi connectivity index (χ2v) is 4.99. The molecule has 0 aliphatic heterocycles. The fourth-order valence-electron chi connectivity index (χ4n) is 1.56. The maximum atomic E-state index is 12.0. The first-order valence-corrected chi connectivity index (χ1v) is 6.17. The molecule has 90 valence electrons. The van der Waals surface area contributed by atoms with Crippen LogP contribution in [-0.4, -0.2) is 10.9 Å². The van der Waals surface area contributed by atoms with E-state index in [0.29, 0.717) is 16.1 Å². The van der Waals surface area contributed by atoms with Gasteiger partial charge >= 0.3 is 0 Å². The molecule has 2 aromatic rings. The van der Waals surface area contributed by atoms with Crippen molar-refractivity contribution in [1.82, 2.24) is 4.98 Å². The lowest BCUT2D eigenvalue weighted by Gasteiger charge is -2.03. The van der Waals surface area contributed by atoms with Crippen LogP contribution in [0.3, 0.4) is 0 Å². The number of hydrogen-bond donors (Lipinski definition) is 1. The lowest BCUT2D eigenvalue weighted by Crippen LogP contribution is -2.11. The van der Waals surface area contributed by atoms with Crippen molar-refractivity contribution < 1.29 is 4.79 Å². The molecule has 1 aromatic heterocycles. The molecule has 18 heavy (non-hydrogen) atoms. The van der Waals surface area contributed by atoms with Crippen LogP contribution < -0.4 is 5.32 Å². The largest absolute Gasteiger partial charge is 0.321 e. The van der Waals surface area contributed by atoms with Gasteiger partial charge in [-0.3, -0.25) is 4.79 Å². The number of nitrogens with one attached hydrogen (secondary N) is 1. The van der Waals surface area contributed by atoms with E-state index >= 15 is 0 Å². The van der Waals surface area contributed by atoms with Gasteiger partial charge in [0.2, 0.25) is 0 Å². The maximum Gasteiger partial charge on any atom is 0.267 e. The zero-order valence-electron chi connectivity index (χ0n) is 10.0. The van der Waals surface area contributed by atoms with Gasteiger partial charge in [0.25, 0.3) is 5.91 Å². The summed E-state index contributed by atoms with van der Waals surface area (Å²) in [6.45, 7) is 3.69. The summed E-state index contributed by atoms with van der Waals surface area (Å²) in [6, 6.07) is 8.78. The number of amides is 1. The van der Waals surface area contributed by atoms with E-state index in [9.17, 15) is 4.79 Å². The number of thiazole rings is 1. The third kappa shape index (κ3) is 2.55. The molecule has 0 spiro atoms. The first-order chi connectivity index (χ1) is 8.60. The zero-order valence-corrected chi connectivity index (χ0v) is 10.8. The second kappa shape index (κ2) is 4.98. The summed E-state index contributed by atoms with van der Waals surface area (Å²) < 4.78 is 0. The third-order valence-electron chi connectivity index (χ3n) is 2.38. The molecule has 1 aromatic carbocycles. The number of anilines is 1. The van der Waals surface area contributed by atoms with Crippen LogP contribution in [0.15, 0.2) is 24.3 Å². The predicted molar refractivity (Wildman–Crippen MR) is 70.7 cm³/mol. The minimum absolute atomic E-state index is 0.164. The van der Waals surface area contributed by atoms with Crippen LogP contribution in [0.1, 0.15) is 25.9 Å². The Balaban J connectivity index is 2.16. The van der Waals surface area contributed by atoms with Crippen molar-refractivity contribution >= 4 is 22.9 Å². The van der Waals surface area contributed by atoms with Crippen molar-refractivity contribution in [2.24, 2.45) is 0 Å². The van der Waals surface area contributed by atoms with Gasteiger partial charge in [-0.05, 0) is 38.1 Å². The first-order valence-electron chi connectivity index (χ1n) is 5.35. The quantitative estimate of drug-likeness (QED) is 0.899. The van der Waals surface area contributed by atoms with Crippen molar-refractivity contribution in [2.45, 2.75) is 13.8 Å². The van der Waals surface area contributed by atoms with Crippen molar-refractivity contribution in [2.75, 3.05) is 5.32 Å². The number of benzene rings is 1. The Morgan fingerprint density at radius 2 is 2.00 bits per heavy atom. The third-order valence-corrected chi connectivity index (χ3v) is 3.45. The molecule has 0 aliphatic rings. The fraction of sp³-hybridized carbons (Fsp3) is 0.154. The van der Waals surface area contributed by atoms with Crippen molar-refractivity contribution in [3.05, 3.63) is 45.4 Å². The smallest absolute Gasteiger partial charge is 0.267 e. The van der Waals surface area contributed by atoms with Gasteiger partial charge in [0, 0.05) is 5.69 Å². The average molecular weight is 257 g/mol. The molecule has 0 aliphatic carbocycles. The highest BCUT2D eigenvalue weighted by molar-refractivity contribution is 7.13. The van der Waals surface area contributed by atoms with Crippen LogP contribution in [0.5, 0.6) is 0 Å². The molecule has 0 radical (unpaired) electrons. The van der Waals surface area contributed by atoms with Crippen LogP contribution in [0.2, 0.25) is 0 Å². The van der Waals surface area contributed by atoms with E-state index in [1.807, 2.05) is 19.9 Å². The molecule has 1 amide bonds. The number of aromatic nitrogens is 1. The summed E-state index contributed by atoms with van der Waals surface area (Å²) in [7, 11) is 0. The summed E-state index contributed by atoms with van der Waals surface area (Å²) >= 11 is 1.37. The Kier molecular flexibility index (Phi) is 3.40. The lowest BCUT2D eigenvalue weighted by atomic mass is 10.2. The summed E-state index contributed by atoms with van der Waals surface area (Å²) in [5, 5.41) is 12.3. The molecule has 0 atom stereocenters. The van der Waals surface area contributed by atoms with Gasteiger partial charge in [0.1, 0.15) is 4.88 Å². The molecule has 4 nitrogen and oxygen atoms in total. The topological polar surface area (TPSA) is 65.8 Å². The highest BCUT2D eigenvalue weighted by Crippen LogP contribution is 2.19. The first kappa shape index (κ1) is 12.3. The molecule has 0 bridgehead atoms. The maximum absolute atomic E-state index is 12.0. The number of rotatable bonds is 2. The van der Waals surface area contributed by atoms with Gasteiger partial charge in [-0.15, -0.1) is 11.3 Å². The van der Waals surface area contributed by atoms with Crippen molar-refractivity contribution in [1.29, 1.82) is 5.26 Å². The Hall–Kier alpha value is -2.19. The van der Waals surface area contributed by atoms with Gasteiger partial charge in [0.15, 0.2) is 0 Å². The van der Waals surface area contributed by atoms with Crippen LogP contribution in [0.25, 0.3) is 0 Å². The minimum Gasteiger partial charge on any atom is -0.321 e. The summed E-state index contributed by atoms with van der Waals surface area (Å²) in [5.41, 5.74) is 1.98. The van der Waals surface area contributed by atoms with Gasteiger partial charge in [-0.25, -0.2) is 4.98 Å². The van der Waals surface area contributed by atoms with E-state index in [0.717, 1.165) is 10.7 Å². The number of aryl methyl sites for hydroxylation is 2. The average Bonchev–Trinajstić information content (AvgIpc) is 2.69. The van der Waals surface area contributed by atoms with E-state index in [1.165, 1.54) is 11.3 Å². The molecular formula is C13H11N3OS. The lowest BCUT2D eigenvalue weighted by molar-refractivity contribution is 0.103. The molecule has 2 rings (SSSR count). The number of nitriles is 1. The summed E-state index contributed by atoms with van der Waals surface area (Å²) in [4.78, 5) is 16.8. The van der Waals surface area contributed by atoms with Crippen LogP contribution in [0, 0.1) is 25.2 Å². The standard InChI is InChI=1S/C13H11N3OS/c1-8-12(18-9(2)15-8)13(17)16-11-5-3-10(7-14)4-6-11/h3-6H,1-2H3,(H,16,17). The van der Waals surface area contributed by atoms with E-state index in [2.05, 4.69) is 10.3 Å². The fourth-order valence-corrected chi connectivity index (χ4v) is 2.37. The molecule has 1 heterocycles. The van der Waals surface area contributed by atoms with Gasteiger partial charge in [-0.2, -0.15) is 5.26 Å². The van der Waals surface area contributed by atoms with Crippen LogP contribution in [0.4, 0.5) is 5.69 Å². The Morgan fingerprint density at radius 1 is 1.33 bits per heavy atom. The molecular weight excluding hydrogens is 246 g/mol. The van der Waals surface area contributed by atoms with E-state index < -0.39 is 0 Å². The number of hydrogen-bond acceptors (Lipinski definition) is 4. The van der Waals surface area contributed by atoms with E-state index in [4.69, 9.17) is 5.26 Å². The normalized spacial score (nSPS) is 9.83. The van der Waals surface area contributed by atoms with Gasteiger partial charge in [-0.1, -0.05) is 0 Å². The molecule has 0 saturated carbocycles.